The summed E-state index contributed by atoms with van der Waals surface area (Å²) in [4.78, 5) is 5.54. The zero-order valence-electron chi connectivity index (χ0n) is 11.7. The van der Waals surface area contributed by atoms with Gasteiger partial charge in [-0.1, -0.05) is 13.8 Å². The summed E-state index contributed by atoms with van der Waals surface area (Å²) in [6.45, 7) is 9.90. The van der Waals surface area contributed by atoms with Crippen molar-refractivity contribution in [3.05, 3.63) is 16.6 Å². The van der Waals surface area contributed by atoms with Gasteiger partial charge in [-0.2, -0.15) is 0 Å². The van der Waals surface area contributed by atoms with Crippen LogP contribution in [-0.2, 0) is 11.2 Å². The Bertz CT molecular complexity index is 355. The van der Waals surface area contributed by atoms with Crippen LogP contribution in [0.15, 0.2) is 11.7 Å². The zero-order chi connectivity index (χ0) is 13.1. The number of ether oxygens (including phenoxy) is 1. The van der Waals surface area contributed by atoms with Crippen molar-refractivity contribution in [3.8, 4) is 0 Å². The van der Waals surface area contributed by atoms with Gasteiger partial charge in [0.15, 0.2) is 0 Å². The van der Waals surface area contributed by atoms with E-state index in [9.17, 15) is 0 Å². The van der Waals surface area contributed by atoms with Crippen LogP contribution in [0.1, 0.15) is 32.6 Å². The van der Waals surface area contributed by atoms with Crippen LogP contribution in [-0.4, -0.2) is 29.8 Å². The molecule has 0 radical (unpaired) electrons. The number of rotatable bonds is 5. The van der Waals surface area contributed by atoms with Gasteiger partial charge in [-0.05, 0) is 32.7 Å². The molecule has 1 aromatic rings. The molecule has 1 saturated heterocycles. The number of thiazole rings is 1. The van der Waals surface area contributed by atoms with Gasteiger partial charge >= 0.3 is 0 Å². The molecule has 3 nitrogen and oxygen atoms in total. The zero-order valence-corrected chi connectivity index (χ0v) is 12.5. The number of nitrogens with one attached hydrogen (secondary N) is 1. The van der Waals surface area contributed by atoms with Crippen LogP contribution in [0.2, 0.25) is 0 Å². The Morgan fingerprint density at radius 3 is 2.67 bits per heavy atom. The highest BCUT2D eigenvalue weighted by Crippen LogP contribution is 2.35. The van der Waals surface area contributed by atoms with Crippen LogP contribution in [0.5, 0.6) is 0 Å². The smallest absolute Gasteiger partial charge is 0.0794 e. The van der Waals surface area contributed by atoms with E-state index in [1.165, 1.54) is 4.88 Å². The van der Waals surface area contributed by atoms with Crippen LogP contribution in [0.3, 0.4) is 0 Å². The Kier molecular flexibility index (Phi) is 4.76. The predicted octanol–water partition coefficient (Wildman–Crippen LogP) is 2.72. The van der Waals surface area contributed by atoms with E-state index >= 15 is 0 Å². The molecule has 5 atom stereocenters. The highest BCUT2D eigenvalue weighted by atomic mass is 32.1. The summed E-state index contributed by atoms with van der Waals surface area (Å²) < 4.78 is 5.98. The molecule has 1 aromatic heterocycles. The lowest BCUT2D eigenvalue weighted by molar-refractivity contribution is 0.0477. The Morgan fingerprint density at radius 2 is 2.17 bits per heavy atom. The maximum Gasteiger partial charge on any atom is 0.0794 e. The molecule has 0 amide bonds. The first-order chi connectivity index (χ1) is 8.63. The van der Waals surface area contributed by atoms with Crippen LogP contribution in [0.25, 0.3) is 0 Å². The molecule has 1 aliphatic heterocycles. The second-order valence-corrected chi connectivity index (χ2v) is 6.29. The standard InChI is InChI=1S/C14H24N2OS/c1-5-16-13(6-12-7-15-8-18-12)14-9(2)10(3)17-11(14)4/h7-11,13-14,16H,5-6H2,1-4H3. The van der Waals surface area contributed by atoms with Gasteiger partial charge in [0.2, 0.25) is 0 Å². The molecule has 2 rings (SSSR count). The summed E-state index contributed by atoms with van der Waals surface area (Å²) in [6.07, 6.45) is 3.76. The second-order valence-electron chi connectivity index (χ2n) is 5.32. The van der Waals surface area contributed by atoms with Gasteiger partial charge < -0.3 is 10.1 Å². The number of hydrogen-bond acceptors (Lipinski definition) is 4. The first-order valence-electron chi connectivity index (χ1n) is 6.89. The monoisotopic (exact) mass is 268 g/mol. The van der Waals surface area contributed by atoms with E-state index in [0.717, 1.165) is 13.0 Å². The van der Waals surface area contributed by atoms with Gasteiger partial charge in [0.1, 0.15) is 0 Å². The van der Waals surface area contributed by atoms with Gasteiger partial charge in [-0.25, -0.2) is 0 Å². The Labute approximate surface area is 114 Å². The lowest BCUT2D eigenvalue weighted by Gasteiger charge is -2.29. The summed E-state index contributed by atoms with van der Waals surface area (Å²) in [6, 6.07) is 0.491. The van der Waals surface area contributed by atoms with E-state index in [1.807, 2.05) is 11.7 Å². The highest BCUT2D eigenvalue weighted by Gasteiger charge is 2.41. The fraction of sp³-hybridized carbons (Fsp3) is 0.786. The minimum atomic E-state index is 0.340. The van der Waals surface area contributed by atoms with E-state index in [0.29, 0.717) is 30.1 Å². The summed E-state index contributed by atoms with van der Waals surface area (Å²) in [7, 11) is 0. The minimum Gasteiger partial charge on any atom is -0.375 e. The maximum absolute atomic E-state index is 5.98. The van der Waals surface area contributed by atoms with E-state index in [4.69, 9.17) is 4.74 Å². The van der Waals surface area contributed by atoms with Crippen LogP contribution in [0, 0.1) is 11.8 Å². The summed E-state index contributed by atoms with van der Waals surface area (Å²) in [5.74, 6) is 1.19. The number of nitrogens with zero attached hydrogens (tertiary/aromatic N) is 1. The quantitative estimate of drug-likeness (QED) is 0.891. The second kappa shape index (κ2) is 6.13. The summed E-state index contributed by atoms with van der Waals surface area (Å²) >= 11 is 1.75. The van der Waals surface area contributed by atoms with E-state index < -0.39 is 0 Å². The van der Waals surface area contributed by atoms with Crippen LogP contribution < -0.4 is 5.32 Å². The van der Waals surface area contributed by atoms with E-state index in [-0.39, 0.29) is 0 Å². The van der Waals surface area contributed by atoms with Crippen LogP contribution >= 0.6 is 11.3 Å². The molecule has 1 N–H and O–H groups in total. The van der Waals surface area contributed by atoms with Crippen molar-refractivity contribution in [3.63, 3.8) is 0 Å². The third kappa shape index (κ3) is 2.92. The molecule has 0 aliphatic carbocycles. The van der Waals surface area contributed by atoms with Gasteiger partial charge in [0.25, 0.3) is 0 Å². The fourth-order valence-electron chi connectivity index (χ4n) is 3.15. The molecule has 1 fully saturated rings. The van der Waals surface area contributed by atoms with Crippen LogP contribution in [0.4, 0.5) is 0 Å². The van der Waals surface area contributed by atoms with Crippen molar-refractivity contribution in [1.82, 2.24) is 10.3 Å². The van der Waals surface area contributed by atoms with E-state index in [2.05, 4.69) is 38.0 Å². The molecule has 2 heterocycles. The van der Waals surface area contributed by atoms with E-state index in [1.54, 1.807) is 11.3 Å². The molecule has 1 aliphatic rings. The number of likely N-dealkylation sites (N-methyl/N-ethyl adjacent to an activating group) is 1. The van der Waals surface area contributed by atoms with Crippen molar-refractivity contribution < 1.29 is 4.74 Å². The molecule has 18 heavy (non-hydrogen) atoms. The number of hydrogen-bond donors (Lipinski definition) is 1. The number of aromatic nitrogens is 1. The Hall–Kier alpha value is -0.450. The maximum atomic E-state index is 5.98. The molecule has 5 unspecified atom stereocenters. The Balaban J connectivity index is 2.09. The van der Waals surface area contributed by atoms with Gasteiger partial charge in [0.05, 0.1) is 17.7 Å². The molecule has 0 spiro atoms. The summed E-state index contributed by atoms with van der Waals surface area (Å²) in [5.41, 5.74) is 1.92. The SMILES string of the molecule is CCNC(Cc1cncs1)C1C(C)OC(C)C1C. The fourth-order valence-corrected chi connectivity index (χ4v) is 3.81. The average molecular weight is 268 g/mol. The topological polar surface area (TPSA) is 34.2 Å². The largest absolute Gasteiger partial charge is 0.375 e. The van der Waals surface area contributed by atoms with Crippen molar-refractivity contribution in [2.75, 3.05) is 6.54 Å². The normalized spacial score (nSPS) is 33.8. The van der Waals surface area contributed by atoms with Gasteiger partial charge in [-0.3, -0.25) is 4.98 Å². The molecular weight excluding hydrogens is 244 g/mol. The lowest BCUT2D eigenvalue weighted by atomic mass is 9.82. The van der Waals surface area contributed by atoms with Crippen molar-refractivity contribution in [1.29, 1.82) is 0 Å². The lowest BCUT2D eigenvalue weighted by Crippen LogP contribution is -2.43. The molecule has 0 aromatic carbocycles. The minimum absolute atomic E-state index is 0.340. The third-order valence-electron chi connectivity index (χ3n) is 4.15. The first kappa shape index (κ1) is 14.0. The molecule has 0 saturated carbocycles. The molecular formula is C14H24N2OS. The van der Waals surface area contributed by atoms with Crippen molar-refractivity contribution in [2.45, 2.75) is 52.4 Å². The highest BCUT2D eigenvalue weighted by molar-refractivity contribution is 7.09. The van der Waals surface area contributed by atoms with Gasteiger partial charge in [0, 0.05) is 23.0 Å². The molecule has 102 valence electrons. The molecule has 0 bridgehead atoms. The average Bonchev–Trinajstić information content (AvgIpc) is 2.89. The van der Waals surface area contributed by atoms with Crippen molar-refractivity contribution in [2.24, 2.45) is 11.8 Å². The molecule has 4 heteroatoms. The van der Waals surface area contributed by atoms with Crippen molar-refractivity contribution >= 4 is 11.3 Å². The summed E-state index contributed by atoms with van der Waals surface area (Å²) in [5, 5.41) is 3.64. The van der Waals surface area contributed by atoms with Gasteiger partial charge in [-0.15, -0.1) is 11.3 Å². The predicted molar refractivity (Wildman–Crippen MR) is 75.9 cm³/mol. The Morgan fingerprint density at radius 1 is 1.39 bits per heavy atom. The first-order valence-corrected chi connectivity index (χ1v) is 7.77. The third-order valence-corrected chi connectivity index (χ3v) is 4.96.